The Bertz CT molecular complexity index is 1080. The summed E-state index contributed by atoms with van der Waals surface area (Å²) < 4.78 is 0. The second kappa shape index (κ2) is 6.42. The third-order valence-electron chi connectivity index (χ3n) is 5.34. The van der Waals surface area contributed by atoms with E-state index in [0.717, 1.165) is 36.9 Å². The highest BCUT2D eigenvalue weighted by Crippen LogP contribution is 2.29. The van der Waals surface area contributed by atoms with Gasteiger partial charge >= 0.3 is 0 Å². The maximum atomic E-state index is 4.97. The van der Waals surface area contributed by atoms with Crippen LogP contribution in [0.3, 0.4) is 0 Å². The van der Waals surface area contributed by atoms with Crippen LogP contribution in [0.2, 0.25) is 0 Å². The molecule has 0 spiro atoms. The van der Waals surface area contributed by atoms with E-state index in [4.69, 9.17) is 4.98 Å². The Morgan fingerprint density at radius 3 is 2.54 bits per heavy atom. The van der Waals surface area contributed by atoms with E-state index in [9.17, 15) is 0 Å². The lowest BCUT2D eigenvalue weighted by Gasteiger charge is -2.12. The molecular formula is C25H21N. The fraction of sp³-hybridized carbons (Fsp3) is 0.160. The van der Waals surface area contributed by atoms with Gasteiger partial charge in [-0.3, -0.25) is 0 Å². The van der Waals surface area contributed by atoms with Gasteiger partial charge in [0.15, 0.2) is 0 Å². The Kier molecular flexibility index (Phi) is 3.79. The molecule has 1 nitrogen and oxygen atoms in total. The summed E-state index contributed by atoms with van der Waals surface area (Å²) in [7, 11) is 0. The van der Waals surface area contributed by atoms with Gasteiger partial charge in [-0.2, -0.15) is 0 Å². The van der Waals surface area contributed by atoms with Gasteiger partial charge in [-0.1, -0.05) is 60.7 Å². The molecule has 1 heterocycles. The minimum absolute atomic E-state index is 1.05. The van der Waals surface area contributed by atoms with E-state index in [-0.39, 0.29) is 0 Å². The van der Waals surface area contributed by atoms with Crippen LogP contribution in [0.1, 0.15) is 36.0 Å². The topological polar surface area (TPSA) is 12.9 Å². The van der Waals surface area contributed by atoms with E-state index in [1.54, 1.807) is 0 Å². The fourth-order valence-corrected chi connectivity index (χ4v) is 3.87. The lowest BCUT2D eigenvalue weighted by molar-refractivity contribution is 0.986. The highest BCUT2D eigenvalue weighted by atomic mass is 14.7. The fourth-order valence-electron chi connectivity index (χ4n) is 3.87. The van der Waals surface area contributed by atoms with Crippen molar-refractivity contribution >= 4 is 22.6 Å². The molecule has 2 aliphatic rings. The van der Waals surface area contributed by atoms with Crippen LogP contribution in [0.25, 0.3) is 33.8 Å². The van der Waals surface area contributed by atoms with Gasteiger partial charge in [0, 0.05) is 10.9 Å². The summed E-state index contributed by atoms with van der Waals surface area (Å²) in [5.74, 6) is 0. The van der Waals surface area contributed by atoms with E-state index in [2.05, 4.69) is 78.9 Å². The third-order valence-corrected chi connectivity index (χ3v) is 5.34. The Morgan fingerprint density at radius 2 is 1.62 bits per heavy atom. The first-order chi connectivity index (χ1) is 12.9. The van der Waals surface area contributed by atoms with Gasteiger partial charge < -0.3 is 0 Å². The number of fused-ring (bicyclic) bond motifs is 2. The molecule has 0 atom stereocenters. The summed E-state index contributed by atoms with van der Waals surface area (Å²) in [4.78, 5) is 4.97. The molecule has 2 aliphatic carbocycles. The largest absolute Gasteiger partial charge is 0.248 e. The van der Waals surface area contributed by atoms with E-state index in [0.29, 0.717) is 0 Å². The van der Waals surface area contributed by atoms with Crippen molar-refractivity contribution < 1.29 is 0 Å². The number of aromatic nitrogens is 1. The molecule has 0 saturated heterocycles. The molecule has 26 heavy (non-hydrogen) atoms. The van der Waals surface area contributed by atoms with Crippen LogP contribution in [-0.4, -0.2) is 4.98 Å². The second-order valence-electron chi connectivity index (χ2n) is 7.10. The quantitative estimate of drug-likeness (QED) is 0.514. The average Bonchev–Trinajstić information content (AvgIpc) is 2.73. The first-order valence-electron chi connectivity index (χ1n) is 9.44. The number of aryl methyl sites for hydroxylation is 1. The van der Waals surface area contributed by atoms with Crippen LogP contribution < -0.4 is 0 Å². The number of nitrogens with zero attached hydrogens (tertiary/aromatic N) is 1. The van der Waals surface area contributed by atoms with Crippen molar-refractivity contribution in [3.8, 4) is 11.3 Å². The van der Waals surface area contributed by atoms with Gasteiger partial charge in [-0.15, -0.1) is 0 Å². The number of pyridine rings is 1. The van der Waals surface area contributed by atoms with Crippen molar-refractivity contribution in [3.05, 3.63) is 89.5 Å². The maximum absolute atomic E-state index is 4.97. The molecule has 0 amide bonds. The molecule has 0 bridgehead atoms. The molecule has 5 rings (SSSR count). The van der Waals surface area contributed by atoms with Crippen LogP contribution in [0.15, 0.2) is 72.8 Å². The predicted molar refractivity (Wildman–Crippen MR) is 111 cm³/mol. The zero-order valence-electron chi connectivity index (χ0n) is 14.8. The molecule has 2 aromatic carbocycles. The van der Waals surface area contributed by atoms with Crippen LogP contribution >= 0.6 is 0 Å². The van der Waals surface area contributed by atoms with E-state index < -0.39 is 0 Å². The van der Waals surface area contributed by atoms with E-state index in [1.807, 2.05) is 0 Å². The molecule has 0 N–H and O–H groups in total. The van der Waals surface area contributed by atoms with E-state index in [1.165, 1.54) is 33.2 Å². The number of hydrogen-bond donors (Lipinski definition) is 0. The molecule has 126 valence electrons. The molecule has 1 heteroatoms. The normalized spacial score (nSPS) is 15.8. The molecule has 0 saturated carbocycles. The lowest BCUT2D eigenvalue weighted by Crippen LogP contribution is -1.95. The van der Waals surface area contributed by atoms with Crippen molar-refractivity contribution in [2.45, 2.75) is 25.7 Å². The number of allylic oxidation sites excluding steroid dienone is 5. The SMILES string of the molecule is C1=CC(c2ccc3ccc(-c4ccc5c(c4)C=CCC5)nc3c2)=CCC1. The van der Waals surface area contributed by atoms with Crippen LogP contribution in [0, 0.1) is 0 Å². The zero-order chi connectivity index (χ0) is 17.3. The first kappa shape index (κ1) is 15.3. The number of rotatable bonds is 2. The van der Waals surface area contributed by atoms with Gasteiger partial charge in [-0.05, 0) is 66.1 Å². The van der Waals surface area contributed by atoms with Gasteiger partial charge in [0.2, 0.25) is 0 Å². The smallest absolute Gasteiger partial charge is 0.0715 e. The second-order valence-corrected chi connectivity index (χ2v) is 7.10. The first-order valence-corrected chi connectivity index (χ1v) is 9.44. The minimum Gasteiger partial charge on any atom is -0.248 e. The van der Waals surface area contributed by atoms with Gasteiger partial charge in [0.1, 0.15) is 0 Å². The minimum atomic E-state index is 1.05. The summed E-state index contributed by atoms with van der Waals surface area (Å²) in [6.45, 7) is 0. The summed E-state index contributed by atoms with van der Waals surface area (Å²) in [5, 5.41) is 1.19. The predicted octanol–water partition coefficient (Wildman–Crippen LogP) is 6.59. The van der Waals surface area contributed by atoms with Crippen LogP contribution in [-0.2, 0) is 6.42 Å². The highest BCUT2D eigenvalue weighted by molar-refractivity contribution is 5.87. The monoisotopic (exact) mass is 335 g/mol. The molecule has 0 radical (unpaired) electrons. The summed E-state index contributed by atoms with van der Waals surface area (Å²) in [6.07, 6.45) is 15.9. The number of hydrogen-bond acceptors (Lipinski definition) is 1. The molecule has 0 aliphatic heterocycles. The Hall–Kier alpha value is -2.93. The van der Waals surface area contributed by atoms with Crippen molar-refractivity contribution in [1.82, 2.24) is 4.98 Å². The summed E-state index contributed by atoms with van der Waals surface area (Å²) in [6, 6.07) is 17.7. The van der Waals surface area contributed by atoms with E-state index >= 15 is 0 Å². The van der Waals surface area contributed by atoms with Crippen LogP contribution in [0.4, 0.5) is 0 Å². The number of benzene rings is 2. The average molecular weight is 335 g/mol. The maximum Gasteiger partial charge on any atom is 0.0715 e. The van der Waals surface area contributed by atoms with Crippen molar-refractivity contribution in [3.63, 3.8) is 0 Å². The Morgan fingerprint density at radius 1 is 0.731 bits per heavy atom. The van der Waals surface area contributed by atoms with Gasteiger partial charge in [-0.25, -0.2) is 4.98 Å². The molecule has 3 aromatic rings. The Balaban J connectivity index is 1.58. The zero-order valence-corrected chi connectivity index (χ0v) is 14.8. The third kappa shape index (κ3) is 2.80. The Labute approximate surface area is 154 Å². The van der Waals surface area contributed by atoms with Gasteiger partial charge in [0.05, 0.1) is 11.2 Å². The molecule has 0 unspecified atom stereocenters. The molecule has 1 aromatic heterocycles. The van der Waals surface area contributed by atoms with Crippen molar-refractivity contribution in [1.29, 1.82) is 0 Å². The van der Waals surface area contributed by atoms with Crippen molar-refractivity contribution in [2.24, 2.45) is 0 Å². The summed E-state index contributed by atoms with van der Waals surface area (Å²) in [5.41, 5.74) is 8.64. The summed E-state index contributed by atoms with van der Waals surface area (Å²) >= 11 is 0. The van der Waals surface area contributed by atoms with Gasteiger partial charge in [0.25, 0.3) is 0 Å². The highest BCUT2D eigenvalue weighted by Gasteiger charge is 2.09. The standard InChI is InChI=1S/C25H21N/c1-2-6-18(7-3-1)22-12-11-20-14-15-24(26-25(20)17-22)23-13-10-19-8-4-5-9-21(19)16-23/h2,5-7,9-17H,1,3-4,8H2. The van der Waals surface area contributed by atoms with Crippen molar-refractivity contribution in [2.75, 3.05) is 0 Å². The molecular weight excluding hydrogens is 314 g/mol. The lowest BCUT2D eigenvalue weighted by atomic mass is 9.94. The molecule has 0 fully saturated rings. The van der Waals surface area contributed by atoms with Crippen LogP contribution in [0.5, 0.6) is 0 Å².